The molecule has 1 aromatic heterocycles. The highest BCUT2D eigenvalue weighted by Crippen LogP contribution is 2.05. The van der Waals surface area contributed by atoms with Gasteiger partial charge in [0.15, 0.2) is 0 Å². The smallest absolute Gasteiger partial charge is 0.354 e. The number of carboxylic acid groups (broad SMARTS) is 1. The minimum atomic E-state index is -1.03. The second kappa shape index (κ2) is 7.08. The third-order valence-electron chi connectivity index (χ3n) is 2.57. The molecule has 1 atom stereocenters. The van der Waals surface area contributed by atoms with Crippen LogP contribution in [-0.2, 0) is 6.54 Å². The van der Waals surface area contributed by atoms with Gasteiger partial charge in [-0.2, -0.15) is 0 Å². The van der Waals surface area contributed by atoms with Gasteiger partial charge in [-0.1, -0.05) is 19.9 Å². The summed E-state index contributed by atoms with van der Waals surface area (Å²) >= 11 is 0. The van der Waals surface area contributed by atoms with E-state index in [1.165, 1.54) is 6.07 Å². The number of nitrogens with zero attached hydrogens (tertiary/aromatic N) is 1. The summed E-state index contributed by atoms with van der Waals surface area (Å²) in [7, 11) is 0. The van der Waals surface area contributed by atoms with Crippen LogP contribution in [0.5, 0.6) is 0 Å². The third kappa shape index (κ3) is 4.81. The van der Waals surface area contributed by atoms with E-state index in [1.807, 2.05) is 0 Å². The molecule has 0 saturated heterocycles. The maximum atomic E-state index is 10.8. The molecule has 0 aliphatic heterocycles. The van der Waals surface area contributed by atoms with Crippen molar-refractivity contribution in [3.8, 4) is 0 Å². The SMILES string of the molecule is CC(C)CC(CO)NCc1cccc(C(=O)O)n1. The molecule has 1 unspecified atom stereocenters. The molecule has 18 heavy (non-hydrogen) atoms. The molecule has 0 aliphatic carbocycles. The zero-order valence-corrected chi connectivity index (χ0v) is 10.8. The number of aliphatic hydroxyl groups excluding tert-OH is 1. The van der Waals surface area contributed by atoms with Crippen molar-refractivity contribution in [1.29, 1.82) is 0 Å². The molecule has 0 saturated carbocycles. The van der Waals surface area contributed by atoms with Crippen LogP contribution in [0.2, 0.25) is 0 Å². The van der Waals surface area contributed by atoms with Gasteiger partial charge in [-0.25, -0.2) is 9.78 Å². The Morgan fingerprint density at radius 2 is 2.17 bits per heavy atom. The van der Waals surface area contributed by atoms with Gasteiger partial charge in [-0.3, -0.25) is 0 Å². The first-order chi connectivity index (χ1) is 8.52. The minimum Gasteiger partial charge on any atom is -0.477 e. The summed E-state index contributed by atoms with van der Waals surface area (Å²) in [6, 6.07) is 4.91. The fourth-order valence-corrected chi connectivity index (χ4v) is 1.74. The van der Waals surface area contributed by atoms with Gasteiger partial charge in [-0.15, -0.1) is 0 Å². The van der Waals surface area contributed by atoms with Crippen molar-refractivity contribution in [1.82, 2.24) is 10.3 Å². The summed E-state index contributed by atoms with van der Waals surface area (Å²) in [5.41, 5.74) is 0.704. The van der Waals surface area contributed by atoms with Crippen LogP contribution in [0.15, 0.2) is 18.2 Å². The summed E-state index contributed by atoms with van der Waals surface area (Å²) in [4.78, 5) is 14.8. The average molecular weight is 252 g/mol. The van der Waals surface area contributed by atoms with Gasteiger partial charge < -0.3 is 15.5 Å². The number of aliphatic hydroxyl groups is 1. The van der Waals surface area contributed by atoms with Crippen molar-refractivity contribution in [3.63, 3.8) is 0 Å². The number of carbonyl (C=O) groups is 1. The van der Waals surface area contributed by atoms with Crippen molar-refractivity contribution in [3.05, 3.63) is 29.6 Å². The number of hydrogen-bond donors (Lipinski definition) is 3. The van der Waals surface area contributed by atoms with Gasteiger partial charge in [0, 0.05) is 12.6 Å². The zero-order valence-electron chi connectivity index (χ0n) is 10.8. The van der Waals surface area contributed by atoms with Crippen LogP contribution in [0.3, 0.4) is 0 Å². The lowest BCUT2D eigenvalue weighted by Gasteiger charge is -2.18. The fourth-order valence-electron chi connectivity index (χ4n) is 1.74. The molecule has 0 fully saturated rings. The molecule has 0 spiro atoms. The highest BCUT2D eigenvalue weighted by Gasteiger charge is 2.10. The average Bonchev–Trinajstić information content (AvgIpc) is 2.34. The topological polar surface area (TPSA) is 82.5 Å². The van der Waals surface area contributed by atoms with E-state index in [2.05, 4.69) is 24.1 Å². The van der Waals surface area contributed by atoms with E-state index in [0.29, 0.717) is 18.2 Å². The highest BCUT2D eigenvalue weighted by atomic mass is 16.4. The van der Waals surface area contributed by atoms with Crippen molar-refractivity contribution in [2.24, 2.45) is 5.92 Å². The Morgan fingerprint density at radius 1 is 1.44 bits per heavy atom. The Hall–Kier alpha value is -1.46. The molecule has 0 bridgehead atoms. The summed E-state index contributed by atoms with van der Waals surface area (Å²) in [6.07, 6.45) is 0.870. The monoisotopic (exact) mass is 252 g/mol. The van der Waals surface area contributed by atoms with Crippen LogP contribution in [0.1, 0.15) is 36.5 Å². The molecular weight excluding hydrogens is 232 g/mol. The molecule has 0 radical (unpaired) electrons. The highest BCUT2D eigenvalue weighted by molar-refractivity contribution is 5.85. The first kappa shape index (κ1) is 14.6. The van der Waals surface area contributed by atoms with E-state index >= 15 is 0 Å². The maximum absolute atomic E-state index is 10.8. The lowest BCUT2D eigenvalue weighted by Crippen LogP contribution is -2.33. The first-order valence-corrected chi connectivity index (χ1v) is 6.06. The Labute approximate surface area is 107 Å². The van der Waals surface area contributed by atoms with Crippen molar-refractivity contribution < 1.29 is 15.0 Å². The number of hydrogen-bond acceptors (Lipinski definition) is 4. The molecule has 3 N–H and O–H groups in total. The van der Waals surface area contributed by atoms with Crippen LogP contribution < -0.4 is 5.32 Å². The molecule has 5 nitrogen and oxygen atoms in total. The van der Waals surface area contributed by atoms with Gasteiger partial charge in [0.2, 0.25) is 0 Å². The molecule has 0 amide bonds. The summed E-state index contributed by atoms with van der Waals surface area (Å²) in [6.45, 7) is 4.71. The van der Waals surface area contributed by atoms with Crippen molar-refractivity contribution >= 4 is 5.97 Å². The van der Waals surface area contributed by atoms with Crippen molar-refractivity contribution in [2.45, 2.75) is 32.9 Å². The van der Waals surface area contributed by atoms with E-state index in [9.17, 15) is 9.90 Å². The summed E-state index contributed by atoms with van der Waals surface area (Å²) in [5.74, 6) is -0.536. The molecule has 100 valence electrons. The summed E-state index contributed by atoms with van der Waals surface area (Å²) in [5, 5.41) is 21.2. The van der Waals surface area contributed by atoms with Gasteiger partial charge in [0.1, 0.15) is 5.69 Å². The first-order valence-electron chi connectivity index (χ1n) is 6.06. The number of rotatable bonds is 7. The number of aromatic nitrogens is 1. The largest absolute Gasteiger partial charge is 0.477 e. The molecular formula is C13H20N2O3. The number of aromatic carboxylic acids is 1. The molecule has 0 aromatic carbocycles. The normalized spacial score (nSPS) is 12.7. The van der Waals surface area contributed by atoms with Crippen LogP contribution in [0.25, 0.3) is 0 Å². The number of pyridine rings is 1. The lowest BCUT2D eigenvalue weighted by molar-refractivity contribution is 0.0690. The standard InChI is InChI=1S/C13H20N2O3/c1-9(2)6-11(8-16)14-7-10-4-3-5-12(15-10)13(17)18/h3-5,9,11,14,16H,6-8H2,1-2H3,(H,17,18). The van der Waals surface area contributed by atoms with Crippen molar-refractivity contribution in [2.75, 3.05) is 6.61 Å². The molecule has 1 heterocycles. The lowest BCUT2D eigenvalue weighted by atomic mass is 10.0. The Morgan fingerprint density at radius 3 is 2.72 bits per heavy atom. The van der Waals surface area contributed by atoms with E-state index in [-0.39, 0.29) is 18.3 Å². The van der Waals surface area contributed by atoms with Gasteiger partial charge in [0.05, 0.1) is 12.3 Å². The van der Waals surface area contributed by atoms with E-state index in [4.69, 9.17) is 5.11 Å². The van der Waals surface area contributed by atoms with Gasteiger partial charge >= 0.3 is 5.97 Å². The second-order valence-electron chi connectivity index (χ2n) is 4.71. The van der Waals surface area contributed by atoms with Gasteiger partial charge in [0.25, 0.3) is 0 Å². The van der Waals surface area contributed by atoms with Crippen LogP contribution >= 0.6 is 0 Å². The molecule has 0 aliphatic rings. The third-order valence-corrected chi connectivity index (χ3v) is 2.57. The number of nitrogens with one attached hydrogen (secondary N) is 1. The molecule has 1 rings (SSSR count). The molecule has 1 aromatic rings. The van der Waals surface area contributed by atoms with Crippen LogP contribution in [0.4, 0.5) is 0 Å². The fraction of sp³-hybridized carbons (Fsp3) is 0.538. The predicted molar refractivity (Wildman–Crippen MR) is 68.4 cm³/mol. The Bertz CT molecular complexity index is 394. The minimum absolute atomic E-state index is 0.0142. The Balaban J connectivity index is 2.56. The molecule has 5 heteroatoms. The quantitative estimate of drug-likeness (QED) is 0.681. The summed E-state index contributed by atoms with van der Waals surface area (Å²) < 4.78 is 0. The van der Waals surface area contributed by atoms with Crippen LogP contribution in [0, 0.1) is 5.92 Å². The van der Waals surface area contributed by atoms with E-state index in [1.54, 1.807) is 12.1 Å². The zero-order chi connectivity index (χ0) is 13.5. The Kier molecular flexibility index (Phi) is 5.74. The van der Waals surface area contributed by atoms with E-state index in [0.717, 1.165) is 6.42 Å². The number of carboxylic acids is 1. The maximum Gasteiger partial charge on any atom is 0.354 e. The van der Waals surface area contributed by atoms with Crippen LogP contribution in [-0.4, -0.2) is 33.8 Å². The predicted octanol–water partition coefficient (Wildman–Crippen LogP) is 1.28. The van der Waals surface area contributed by atoms with E-state index < -0.39 is 5.97 Å². The van der Waals surface area contributed by atoms with Gasteiger partial charge in [-0.05, 0) is 24.5 Å². The second-order valence-corrected chi connectivity index (χ2v) is 4.71.